The van der Waals surface area contributed by atoms with E-state index in [2.05, 4.69) is 32.5 Å². The van der Waals surface area contributed by atoms with Crippen molar-refractivity contribution in [3.63, 3.8) is 0 Å². The average Bonchev–Trinajstić information content (AvgIpc) is 2.60. The topological polar surface area (TPSA) is 62.7 Å². The van der Waals surface area contributed by atoms with Crippen LogP contribution in [-0.4, -0.2) is 21.5 Å². The number of hydrogen-bond donors (Lipinski definition) is 2. The molecule has 0 radical (unpaired) electrons. The lowest BCUT2D eigenvalue weighted by Crippen LogP contribution is -2.02. The molecule has 3 heterocycles. The van der Waals surface area contributed by atoms with Gasteiger partial charge in [-0.25, -0.2) is 15.0 Å². The van der Waals surface area contributed by atoms with E-state index in [9.17, 15) is 0 Å². The maximum absolute atomic E-state index is 4.68. The predicted molar refractivity (Wildman–Crippen MR) is 98.5 cm³/mol. The van der Waals surface area contributed by atoms with Gasteiger partial charge in [0.25, 0.3) is 0 Å². The maximum Gasteiger partial charge on any atom is 0.132 e. The molecule has 0 saturated heterocycles. The second-order valence-electron chi connectivity index (χ2n) is 5.61. The Kier molecular flexibility index (Phi) is 5.01. The highest BCUT2D eigenvalue weighted by Gasteiger charge is 2.04. The second-order valence-corrected chi connectivity index (χ2v) is 5.61. The molecular weight excluding hydrogens is 298 g/mol. The van der Waals surface area contributed by atoms with Gasteiger partial charge in [0, 0.05) is 24.5 Å². The van der Waals surface area contributed by atoms with Crippen LogP contribution in [-0.2, 0) is 0 Å². The molecule has 0 bridgehead atoms. The van der Waals surface area contributed by atoms with Crippen LogP contribution in [0.2, 0.25) is 0 Å². The maximum atomic E-state index is 4.68. The average molecular weight is 319 g/mol. The van der Waals surface area contributed by atoms with Crippen molar-refractivity contribution in [2.24, 2.45) is 0 Å². The van der Waals surface area contributed by atoms with Crippen molar-refractivity contribution in [1.82, 2.24) is 15.0 Å². The van der Waals surface area contributed by atoms with Crippen molar-refractivity contribution in [2.45, 2.75) is 20.3 Å². The van der Waals surface area contributed by atoms with E-state index in [0.717, 1.165) is 47.2 Å². The van der Waals surface area contributed by atoms with E-state index >= 15 is 0 Å². The lowest BCUT2D eigenvalue weighted by Gasteiger charge is -2.09. The van der Waals surface area contributed by atoms with Gasteiger partial charge in [-0.15, -0.1) is 0 Å². The molecule has 3 aromatic heterocycles. The fourth-order valence-corrected chi connectivity index (χ4v) is 2.34. The summed E-state index contributed by atoms with van der Waals surface area (Å²) in [6.45, 7) is 5.08. The first-order valence-corrected chi connectivity index (χ1v) is 8.11. The van der Waals surface area contributed by atoms with Gasteiger partial charge in [0.05, 0.1) is 5.69 Å². The number of nitrogens with one attached hydrogen (secondary N) is 2. The van der Waals surface area contributed by atoms with E-state index in [1.54, 1.807) is 12.4 Å². The van der Waals surface area contributed by atoms with Crippen molar-refractivity contribution in [1.29, 1.82) is 0 Å². The van der Waals surface area contributed by atoms with Crippen LogP contribution < -0.4 is 10.6 Å². The number of pyridine rings is 3. The molecule has 2 N–H and O–H groups in total. The van der Waals surface area contributed by atoms with Gasteiger partial charge in [-0.3, -0.25) is 0 Å². The van der Waals surface area contributed by atoms with Gasteiger partial charge in [-0.1, -0.05) is 13.0 Å². The Morgan fingerprint density at radius 3 is 2.58 bits per heavy atom. The fourth-order valence-electron chi connectivity index (χ4n) is 2.34. The highest BCUT2D eigenvalue weighted by molar-refractivity contribution is 5.65. The number of hydrogen-bond acceptors (Lipinski definition) is 5. The third-order valence-electron chi connectivity index (χ3n) is 3.53. The lowest BCUT2D eigenvalue weighted by molar-refractivity contribution is 0.969. The minimum atomic E-state index is 0.769. The zero-order valence-corrected chi connectivity index (χ0v) is 14.0. The first kappa shape index (κ1) is 15.9. The van der Waals surface area contributed by atoms with Crippen LogP contribution in [0.4, 0.5) is 17.5 Å². The van der Waals surface area contributed by atoms with Crippen LogP contribution in [0.1, 0.15) is 18.9 Å². The third kappa shape index (κ3) is 4.07. The molecule has 0 saturated carbocycles. The molecule has 0 amide bonds. The second kappa shape index (κ2) is 7.55. The molecule has 0 aliphatic heterocycles. The molecule has 3 rings (SSSR count). The molecule has 122 valence electrons. The smallest absolute Gasteiger partial charge is 0.132 e. The molecule has 0 aliphatic carbocycles. The molecule has 3 aromatic rings. The minimum Gasteiger partial charge on any atom is -0.370 e. The number of aromatic nitrogens is 3. The number of aryl methyl sites for hydroxylation is 1. The van der Waals surface area contributed by atoms with Crippen LogP contribution in [0.5, 0.6) is 0 Å². The zero-order chi connectivity index (χ0) is 16.8. The summed E-state index contributed by atoms with van der Waals surface area (Å²) in [4.78, 5) is 13.3. The van der Waals surface area contributed by atoms with E-state index in [1.807, 2.05) is 49.4 Å². The summed E-state index contributed by atoms with van der Waals surface area (Å²) < 4.78 is 0. The molecule has 0 fully saturated rings. The Labute approximate surface area is 142 Å². The largest absolute Gasteiger partial charge is 0.370 e. The van der Waals surface area contributed by atoms with Gasteiger partial charge < -0.3 is 10.6 Å². The van der Waals surface area contributed by atoms with Gasteiger partial charge >= 0.3 is 0 Å². The monoisotopic (exact) mass is 319 g/mol. The molecule has 5 nitrogen and oxygen atoms in total. The van der Waals surface area contributed by atoms with Crippen molar-refractivity contribution in [3.05, 3.63) is 60.4 Å². The molecule has 0 unspecified atom stereocenters. The van der Waals surface area contributed by atoms with E-state index in [1.165, 1.54) is 0 Å². The standard InChI is InChI=1S/C19H21N5/c1-3-9-20-18-13-15(8-11-21-18)16-5-4-6-17(23-16)24-19-12-14(2)7-10-22-19/h4-8,10-13H,3,9H2,1-2H3,(H,20,21)(H,22,23,24). The molecule has 0 aromatic carbocycles. The summed E-state index contributed by atoms with van der Waals surface area (Å²) in [7, 11) is 0. The van der Waals surface area contributed by atoms with E-state index in [-0.39, 0.29) is 0 Å². The Bertz CT molecular complexity index is 816. The Morgan fingerprint density at radius 1 is 0.917 bits per heavy atom. The van der Waals surface area contributed by atoms with Crippen molar-refractivity contribution < 1.29 is 0 Å². The highest BCUT2D eigenvalue weighted by Crippen LogP contribution is 2.22. The first-order chi connectivity index (χ1) is 11.7. The van der Waals surface area contributed by atoms with E-state index in [4.69, 9.17) is 0 Å². The van der Waals surface area contributed by atoms with Crippen LogP contribution in [0.25, 0.3) is 11.3 Å². The van der Waals surface area contributed by atoms with E-state index in [0.29, 0.717) is 0 Å². The third-order valence-corrected chi connectivity index (χ3v) is 3.53. The van der Waals surface area contributed by atoms with Crippen LogP contribution in [0, 0.1) is 6.92 Å². The fraction of sp³-hybridized carbons (Fsp3) is 0.211. The number of nitrogens with zero attached hydrogens (tertiary/aromatic N) is 3. The number of rotatable bonds is 6. The molecule has 0 aliphatic rings. The minimum absolute atomic E-state index is 0.769. The Hall–Kier alpha value is -2.95. The van der Waals surface area contributed by atoms with Gasteiger partial charge in [0.15, 0.2) is 0 Å². The van der Waals surface area contributed by atoms with Crippen LogP contribution in [0.15, 0.2) is 54.9 Å². The number of anilines is 3. The van der Waals surface area contributed by atoms with E-state index < -0.39 is 0 Å². The summed E-state index contributed by atoms with van der Waals surface area (Å²) in [5.41, 5.74) is 3.09. The van der Waals surface area contributed by atoms with Crippen molar-refractivity contribution >= 4 is 17.5 Å². The normalized spacial score (nSPS) is 10.4. The van der Waals surface area contributed by atoms with Crippen molar-refractivity contribution in [2.75, 3.05) is 17.2 Å². The molecule has 0 spiro atoms. The Balaban J connectivity index is 1.82. The van der Waals surface area contributed by atoms with Gasteiger partial charge in [0.1, 0.15) is 17.5 Å². The van der Waals surface area contributed by atoms with Crippen LogP contribution in [0.3, 0.4) is 0 Å². The van der Waals surface area contributed by atoms with Crippen LogP contribution >= 0.6 is 0 Å². The highest BCUT2D eigenvalue weighted by atomic mass is 15.1. The summed E-state index contributed by atoms with van der Waals surface area (Å²) >= 11 is 0. The summed E-state index contributed by atoms with van der Waals surface area (Å²) in [5.74, 6) is 2.43. The Morgan fingerprint density at radius 2 is 1.75 bits per heavy atom. The quantitative estimate of drug-likeness (QED) is 0.704. The zero-order valence-electron chi connectivity index (χ0n) is 14.0. The summed E-state index contributed by atoms with van der Waals surface area (Å²) in [6.07, 6.45) is 4.65. The predicted octanol–water partition coefficient (Wildman–Crippen LogP) is 4.41. The lowest BCUT2D eigenvalue weighted by atomic mass is 10.1. The van der Waals surface area contributed by atoms with Gasteiger partial charge in [0.2, 0.25) is 0 Å². The van der Waals surface area contributed by atoms with Gasteiger partial charge in [-0.2, -0.15) is 0 Å². The molecule has 0 atom stereocenters. The first-order valence-electron chi connectivity index (χ1n) is 8.11. The summed E-state index contributed by atoms with van der Waals surface area (Å²) in [6, 6.07) is 13.9. The van der Waals surface area contributed by atoms with Crippen molar-refractivity contribution in [3.8, 4) is 11.3 Å². The molecule has 5 heteroatoms. The van der Waals surface area contributed by atoms with Gasteiger partial charge in [-0.05, 0) is 55.3 Å². The SMILES string of the molecule is CCCNc1cc(-c2cccc(Nc3cc(C)ccn3)n2)ccn1. The molecular formula is C19H21N5. The molecule has 24 heavy (non-hydrogen) atoms. The summed E-state index contributed by atoms with van der Waals surface area (Å²) in [5, 5.41) is 6.55.